The van der Waals surface area contributed by atoms with Crippen molar-refractivity contribution in [3.05, 3.63) is 16.6 Å². The first-order valence-electron chi connectivity index (χ1n) is 7.04. The molecule has 0 saturated carbocycles. The second-order valence-electron chi connectivity index (χ2n) is 5.85. The SMILES string of the molecule is CC(C)NCCCN(C)S(=O)(=O)NC(C)(C)c1nccs1. The average Bonchev–Trinajstić information content (AvgIpc) is 2.87. The van der Waals surface area contributed by atoms with E-state index >= 15 is 0 Å². The van der Waals surface area contributed by atoms with Gasteiger partial charge < -0.3 is 5.32 Å². The number of thiazole rings is 1. The summed E-state index contributed by atoms with van der Waals surface area (Å²) in [5.74, 6) is 0. The van der Waals surface area contributed by atoms with Gasteiger partial charge in [0.25, 0.3) is 10.2 Å². The van der Waals surface area contributed by atoms with Crippen LogP contribution >= 0.6 is 11.3 Å². The molecule has 0 amide bonds. The fraction of sp³-hybridized carbons (Fsp3) is 0.769. The molecule has 0 unspecified atom stereocenters. The zero-order chi connectivity index (χ0) is 16.1. The summed E-state index contributed by atoms with van der Waals surface area (Å²) in [6.07, 6.45) is 2.45. The van der Waals surface area contributed by atoms with Gasteiger partial charge in [-0.15, -0.1) is 11.3 Å². The van der Waals surface area contributed by atoms with E-state index in [1.165, 1.54) is 15.6 Å². The number of rotatable bonds is 9. The van der Waals surface area contributed by atoms with Gasteiger partial charge in [0.05, 0.1) is 5.54 Å². The molecular weight excluding hydrogens is 308 g/mol. The summed E-state index contributed by atoms with van der Waals surface area (Å²) in [7, 11) is -1.93. The van der Waals surface area contributed by atoms with Crippen LogP contribution in [-0.4, -0.2) is 43.9 Å². The molecule has 0 aromatic carbocycles. The van der Waals surface area contributed by atoms with E-state index in [4.69, 9.17) is 0 Å². The molecule has 21 heavy (non-hydrogen) atoms. The molecule has 0 saturated heterocycles. The zero-order valence-electron chi connectivity index (χ0n) is 13.4. The Bertz CT molecular complexity index is 512. The first-order chi connectivity index (χ1) is 9.65. The van der Waals surface area contributed by atoms with Crippen LogP contribution in [0.4, 0.5) is 0 Å². The van der Waals surface area contributed by atoms with Gasteiger partial charge in [-0.05, 0) is 26.8 Å². The molecule has 1 aromatic heterocycles. The minimum Gasteiger partial charge on any atom is -0.314 e. The smallest absolute Gasteiger partial charge is 0.280 e. The Morgan fingerprint density at radius 2 is 2.10 bits per heavy atom. The average molecular weight is 335 g/mol. The second-order valence-corrected chi connectivity index (χ2v) is 8.53. The van der Waals surface area contributed by atoms with Gasteiger partial charge in [-0.2, -0.15) is 17.4 Å². The molecule has 0 bridgehead atoms. The molecule has 122 valence electrons. The number of nitrogens with zero attached hydrogens (tertiary/aromatic N) is 2. The van der Waals surface area contributed by atoms with Crippen LogP contribution in [0.25, 0.3) is 0 Å². The maximum absolute atomic E-state index is 12.3. The van der Waals surface area contributed by atoms with Crippen LogP contribution in [0.15, 0.2) is 11.6 Å². The Balaban J connectivity index is 2.56. The van der Waals surface area contributed by atoms with E-state index in [2.05, 4.69) is 28.9 Å². The highest BCUT2D eigenvalue weighted by atomic mass is 32.2. The van der Waals surface area contributed by atoms with Crippen LogP contribution in [0, 0.1) is 0 Å². The maximum Gasteiger partial charge on any atom is 0.280 e. The van der Waals surface area contributed by atoms with Crippen molar-refractivity contribution in [2.24, 2.45) is 0 Å². The van der Waals surface area contributed by atoms with E-state index in [0.717, 1.165) is 18.0 Å². The third-order valence-corrected chi connectivity index (χ3v) is 5.83. The quantitative estimate of drug-likeness (QED) is 0.672. The number of hydrogen-bond acceptors (Lipinski definition) is 5. The van der Waals surface area contributed by atoms with Crippen molar-refractivity contribution in [3.63, 3.8) is 0 Å². The predicted octanol–water partition coefficient (Wildman–Crippen LogP) is 1.53. The van der Waals surface area contributed by atoms with Crippen LogP contribution < -0.4 is 10.0 Å². The maximum atomic E-state index is 12.3. The molecular formula is C13H26N4O2S2. The van der Waals surface area contributed by atoms with Crippen molar-refractivity contribution < 1.29 is 8.42 Å². The third kappa shape index (κ3) is 5.99. The third-order valence-electron chi connectivity index (χ3n) is 2.96. The first kappa shape index (κ1) is 18.5. The monoisotopic (exact) mass is 334 g/mol. The standard InChI is InChI=1S/C13H26N4O2S2/c1-11(2)14-7-6-9-17(5)21(18,19)16-13(3,4)12-15-8-10-20-12/h8,10-11,14,16H,6-7,9H2,1-5H3. The van der Waals surface area contributed by atoms with Crippen LogP contribution in [-0.2, 0) is 15.7 Å². The fourth-order valence-electron chi connectivity index (χ4n) is 1.79. The van der Waals surface area contributed by atoms with Crippen molar-refractivity contribution >= 4 is 21.5 Å². The largest absolute Gasteiger partial charge is 0.314 e. The number of hydrogen-bond donors (Lipinski definition) is 2. The Labute approximate surface area is 132 Å². The van der Waals surface area contributed by atoms with Gasteiger partial charge in [-0.25, -0.2) is 4.98 Å². The van der Waals surface area contributed by atoms with E-state index in [0.29, 0.717) is 12.6 Å². The molecule has 2 N–H and O–H groups in total. The molecule has 1 heterocycles. The molecule has 0 aliphatic rings. The Hall–Kier alpha value is -0.540. The molecule has 8 heteroatoms. The summed E-state index contributed by atoms with van der Waals surface area (Å²) in [6.45, 7) is 9.04. The Kier molecular flexibility index (Phi) is 6.73. The Morgan fingerprint density at radius 1 is 1.43 bits per heavy atom. The number of nitrogens with one attached hydrogen (secondary N) is 2. The predicted molar refractivity (Wildman–Crippen MR) is 87.6 cm³/mol. The van der Waals surface area contributed by atoms with E-state index in [1.807, 2.05) is 19.2 Å². The summed E-state index contributed by atoms with van der Waals surface area (Å²) in [5.41, 5.74) is -0.711. The molecule has 6 nitrogen and oxygen atoms in total. The highest BCUT2D eigenvalue weighted by molar-refractivity contribution is 7.87. The van der Waals surface area contributed by atoms with Gasteiger partial charge in [0.2, 0.25) is 0 Å². The normalized spacial score (nSPS) is 13.3. The Morgan fingerprint density at radius 3 is 2.62 bits per heavy atom. The van der Waals surface area contributed by atoms with Crippen LogP contribution in [0.5, 0.6) is 0 Å². The molecule has 0 atom stereocenters. The van der Waals surface area contributed by atoms with Gasteiger partial charge >= 0.3 is 0 Å². The summed E-state index contributed by atoms with van der Waals surface area (Å²) < 4.78 is 28.7. The van der Waals surface area contributed by atoms with E-state index in [9.17, 15) is 8.42 Å². The summed E-state index contributed by atoms with van der Waals surface area (Å²) in [6, 6.07) is 0.411. The molecule has 0 aliphatic carbocycles. The van der Waals surface area contributed by atoms with Crippen molar-refractivity contribution in [1.29, 1.82) is 0 Å². The summed E-state index contributed by atoms with van der Waals surface area (Å²) in [4.78, 5) is 4.19. The van der Waals surface area contributed by atoms with Gasteiger partial charge in [0.15, 0.2) is 0 Å². The van der Waals surface area contributed by atoms with Crippen molar-refractivity contribution in [3.8, 4) is 0 Å². The molecule has 1 rings (SSSR count). The minimum atomic E-state index is -3.52. The lowest BCUT2D eigenvalue weighted by Gasteiger charge is -2.27. The van der Waals surface area contributed by atoms with Crippen LogP contribution in [0.3, 0.4) is 0 Å². The second kappa shape index (κ2) is 7.64. The van der Waals surface area contributed by atoms with Crippen LogP contribution in [0.1, 0.15) is 39.1 Å². The van der Waals surface area contributed by atoms with Crippen molar-refractivity contribution in [1.82, 2.24) is 19.3 Å². The zero-order valence-corrected chi connectivity index (χ0v) is 15.0. The van der Waals surface area contributed by atoms with Crippen molar-refractivity contribution in [2.75, 3.05) is 20.1 Å². The van der Waals surface area contributed by atoms with E-state index in [1.54, 1.807) is 13.2 Å². The molecule has 0 aliphatic heterocycles. The van der Waals surface area contributed by atoms with Gasteiger partial charge in [-0.1, -0.05) is 13.8 Å². The first-order valence-corrected chi connectivity index (χ1v) is 9.36. The fourth-order valence-corrected chi connectivity index (χ4v) is 3.84. The minimum absolute atomic E-state index is 0.411. The summed E-state index contributed by atoms with van der Waals surface area (Å²) in [5, 5.41) is 5.86. The molecule has 0 radical (unpaired) electrons. The van der Waals surface area contributed by atoms with Gasteiger partial charge in [0, 0.05) is 31.2 Å². The lowest BCUT2D eigenvalue weighted by atomic mass is 10.1. The van der Waals surface area contributed by atoms with Crippen LogP contribution in [0.2, 0.25) is 0 Å². The molecule has 1 aromatic rings. The molecule has 0 fully saturated rings. The van der Waals surface area contributed by atoms with E-state index in [-0.39, 0.29) is 0 Å². The highest BCUT2D eigenvalue weighted by Crippen LogP contribution is 2.23. The van der Waals surface area contributed by atoms with Gasteiger partial charge in [0.1, 0.15) is 5.01 Å². The number of aromatic nitrogens is 1. The highest BCUT2D eigenvalue weighted by Gasteiger charge is 2.31. The van der Waals surface area contributed by atoms with E-state index < -0.39 is 15.7 Å². The lowest BCUT2D eigenvalue weighted by Crippen LogP contribution is -2.48. The lowest BCUT2D eigenvalue weighted by molar-refractivity contribution is 0.405. The summed E-state index contributed by atoms with van der Waals surface area (Å²) >= 11 is 1.44. The molecule has 0 spiro atoms. The van der Waals surface area contributed by atoms with Gasteiger partial charge in [-0.3, -0.25) is 0 Å². The van der Waals surface area contributed by atoms with Crippen molar-refractivity contribution in [2.45, 2.75) is 45.7 Å². The topological polar surface area (TPSA) is 74.3 Å².